The summed E-state index contributed by atoms with van der Waals surface area (Å²) < 4.78 is 0. The number of hydrogen-bond acceptors (Lipinski definition) is 3. The van der Waals surface area contributed by atoms with Crippen molar-refractivity contribution >= 4 is 22.9 Å². The van der Waals surface area contributed by atoms with Crippen LogP contribution in [-0.2, 0) is 4.79 Å². The second-order valence-corrected chi connectivity index (χ2v) is 3.85. The van der Waals surface area contributed by atoms with E-state index < -0.39 is 0 Å². The maximum Gasteiger partial charge on any atom is 0.239 e. The predicted octanol–water partition coefficient (Wildman–Crippen LogP) is 2.08. The predicted molar refractivity (Wildman–Crippen MR) is 60.7 cm³/mol. The number of unbranched alkanes of at least 4 members (excludes halogenated alkanes) is 1. The van der Waals surface area contributed by atoms with Gasteiger partial charge in [-0.3, -0.25) is 4.79 Å². The van der Waals surface area contributed by atoms with E-state index >= 15 is 0 Å². The van der Waals surface area contributed by atoms with Crippen molar-refractivity contribution in [3.05, 3.63) is 16.8 Å². The van der Waals surface area contributed by atoms with Gasteiger partial charge in [0.1, 0.15) is 0 Å². The largest absolute Gasteiger partial charge is 0.375 e. The number of rotatable bonds is 6. The van der Waals surface area contributed by atoms with Crippen LogP contribution in [0.25, 0.3) is 0 Å². The Morgan fingerprint density at radius 2 is 2.43 bits per heavy atom. The molecule has 0 aromatic carbocycles. The van der Waals surface area contributed by atoms with E-state index in [1.807, 2.05) is 16.8 Å². The molecule has 0 bridgehead atoms. The molecule has 4 heteroatoms. The Balaban J connectivity index is 2.09. The number of hydrogen-bond donors (Lipinski definition) is 2. The van der Waals surface area contributed by atoms with Crippen LogP contribution in [0.5, 0.6) is 0 Å². The standard InChI is InChI=1S/C10H16N2OS/c1-2-3-5-11-10(13)7-12-9-4-6-14-8-9/h4,6,8,12H,2-3,5,7H2,1H3,(H,11,13). The van der Waals surface area contributed by atoms with Crippen LogP contribution < -0.4 is 10.6 Å². The van der Waals surface area contributed by atoms with Crippen molar-refractivity contribution in [1.29, 1.82) is 0 Å². The first kappa shape index (κ1) is 11.0. The summed E-state index contributed by atoms with van der Waals surface area (Å²) in [4.78, 5) is 11.2. The van der Waals surface area contributed by atoms with Gasteiger partial charge in [0.05, 0.1) is 6.54 Å². The molecule has 1 heterocycles. The third kappa shape index (κ3) is 4.28. The normalized spacial score (nSPS) is 9.79. The second kappa shape index (κ2) is 6.43. The van der Waals surface area contributed by atoms with Crippen LogP contribution >= 0.6 is 11.3 Å². The van der Waals surface area contributed by atoms with Crippen molar-refractivity contribution in [3.8, 4) is 0 Å². The molecule has 1 aromatic heterocycles. The molecule has 0 spiro atoms. The summed E-state index contributed by atoms with van der Waals surface area (Å²) >= 11 is 1.62. The molecular formula is C10H16N2OS. The minimum absolute atomic E-state index is 0.0599. The van der Waals surface area contributed by atoms with Gasteiger partial charge in [-0.25, -0.2) is 0 Å². The van der Waals surface area contributed by atoms with Crippen LogP contribution in [0.4, 0.5) is 5.69 Å². The molecule has 0 saturated heterocycles. The fraction of sp³-hybridized carbons (Fsp3) is 0.500. The lowest BCUT2D eigenvalue weighted by Gasteiger charge is -2.05. The smallest absolute Gasteiger partial charge is 0.239 e. The van der Waals surface area contributed by atoms with E-state index in [1.165, 1.54) is 0 Å². The maximum atomic E-state index is 11.2. The maximum absolute atomic E-state index is 11.2. The lowest BCUT2D eigenvalue weighted by molar-refractivity contribution is -0.119. The summed E-state index contributed by atoms with van der Waals surface area (Å²) in [6.45, 7) is 3.25. The summed E-state index contributed by atoms with van der Waals surface area (Å²) in [5, 5.41) is 9.87. The summed E-state index contributed by atoms with van der Waals surface area (Å²) in [6.07, 6.45) is 2.16. The van der Waals surface area contributed by atoms with Gasteiger partial charge in [0.15, 0.2) is 0 Å². The summed E-state index contributed by atoms with van der Waals surface area (Å²) in [5.74, 6) is 0.0599. The number of carbonyl (C=O) groups excluding carboxylic acids is 1. The third-order valence-corrected chi connectivity index (χ3v) is 2.51. The van der Waals surface area contributed by atoms with Gasteiger partial charge in [-0.05, 0) is 17.9 Å². The SMILES string of the molecule is CCCCNC(=O)CNc1ccsc1. The average molecular weight is 212 g/mol. The molecule has 0 saturated carbocycles. The van der Waals surface area contributed by atoms with E-state index in [-0.39, 0.29) is 5.91 Å². The Morgan fingerprint density at radius 3 is 3.07 bits per heavy atom. The van der Waals surface area contributed by atoms with Crippen LogP contribution in [0.1, 0.15) is 19.8 Å². The van der Waals surface area contributed by atoms with Gasteiger partial charge >= 0.3 is 0 Å². The fourth-order valence-electron chi connectivity index (χ4n) is 1.01. The van der Waals surface area contributed by atoms with Crippen molar-refractivity contribution in [2.45, 2.75) is 19.8 Å². The topological polar surface area (TPSA) is 41.1 Å². The van der Waals surface area contributed by atoms with Crippen LogP contribution in [0, 0.1) is 0 Å². The first-order valence-electron chi connectivity index (χ1n) is 4.85. The molecule has 0 radical (unpaired) electrons. The van der Waals surface area contributed by atoms with Crippen LogP contribution in [-0.4, -0.2) is 19.0 Å². The molecule has 1 amide bonds. The summed E-state index contributed by atoms with van der Waals surface area (Å²) in [7, 11) is 0. The van der Waals surface area contributed by atoms with Crippen molar-refractivity contribution in [2.24, 2.45) is 0 Å². The monoisotopic (exact) mass is 212 g/mol. The average Bonchev–Trinajstić information content (AvgIpc) is 2.68. The summed E-state index contributed by atoms with van der Waals surface area (Å²) in [5.41, 5.74) is 1.01. The van der Waals surface area contributed by atoms with Crippen LogP contribution in [0.15, 0.2) is 16.8 Å². The highest BCUT2D eigenvalue weighted by molar-refractivity contribution is 7.08. The number of nitrogens with one attached hydrogen (secondary N) is 2. The van der Waals surface area contributed by atoms with Crippen LogP contribution in [0.3, 0.4) is 0 Å². The molecule has 78 valence electrons. The van der Waals surface area contributed by atoms with E-state index in [1.54, 1.807) is 11.3 Å². The third-order valence-electron chi connectivity index (χ3n) is 1.83. The zero-order valence-electron chi connectivity index (χ0n) is 8.38. The second-order valence-electron chi connectivity index (χ2n) is 3.07. The Labute approximate surface area is 88.5 Å². The van der Waals surface area contributed by atoms with E-state index in [0.717, 1.165) is 25.1 Å². The van der Waals surface area contributed by atoms with Gasteiger partial charge in [0, 0.05) is 17.6 Å². The first-order chi connectivity index (χ1) is 6.83. The number of amides is 1. The number of thiophene rings is 1. The molecule has 3 nitrogen and oxygen atoms in total. The Morgan fingerprint density at radius 1 is 1.57 bits per heavy atom. The molecule has 0 unspecified atom stereocenters. The molecular weight excluding hydrogens is 196 g/mol. The van der Waals surface area contributed by atoms with Gasteiger partial charge in [-0.15, -0.1) is 0 Å². The highest BCUT2D eigenvalue weighted by Crippen LogP contribution is 2.10. The number of anilines is 1. The minimum Gasteiger partial charge on any atom is -0.375 e. The molecule has 1 rings (SSSR count). The molecule has 1 aromatic rings. The van der Waals surface area contributed by atoms with E-state index in [0.29, 0.717) is 6.54 Å². The van der Waals surface area contributed by atoms with Gasteiger partial charge in [-0.2, -0.15) is 11.3 Å². The molecule has 0 aliphatic heterocycles. The van der Waals surface area contributed by atoms with Gasteiger partial charge in [0.2, 0.25) is 5.91 Å². The number of carbonyl (C=O) groups is 1. The highest BCUT2D eigenvalue weighted by atomic mass is 32.1. The lowest BCUT2D eigenvalue weighted by atomic mass is 10.3. The van der Waals surface area contributed by atoms with Crippen molar-refractivity contribution in [3.63, 3.8) is 0 Å². The van der Waals surface area contributed by atoms with Gasteiger partial charge < -0.3 is 10.6 Å². The zero-order chi connectivity index (χ0) is 10.2. The molecule has 0 aliphatic rings. The minimum atomic E-state index is 0.0599. The van der Waals surface area contributed by atoms with E-state index in [2.05, 4.69) is 17.6 Å². The molecule has 2 N–H and O–H groups in total. The van der Waals surface area contributed by atoms with Crippen molar-refractivity contribution in [1.82, 2.24) is 5.32 Å². The molecule has 0 atom stereocenters. The molecule has 0 aliphatic carbocycles. The molecule has 14 heavy (non-hydrogen) atoms. The van der Waals surface area contributed by atoms with E-state index in [9.17, 15) is 4.79 Å². The van der Waals surface area contributed by atoms with Crippen molar-refractivity contribution in [2.75, 3.05) is 18.4 Å². The zero-order valence-corrected chi connectivity index (χ0v) is 9.19. The Hall–Kier alpha value is -1.03. The molecule has 0 fully saturated rings. The fourth-order valence-corrected chi connectivity index (χ4v) is 1.63. The first-order valence-corrected chi connectivity index (χ1v) is 5.80. The highest BCUT2D eigenvalue weighted by Gasteiger charge is 1.99. The van der Waals surface area contributed by atoms with Gasteiger partial charge in [-0.1, -0.05) is 13.3 Å². The van der Waals surface area contributed by atoms with Gasteiger partial charge in [0.25, 0.3) is 0 Å². The van der Waals surface area contributed by atoms with Crippen molar-refractivity contribution < 1.29 is 4.79 Å². The Kier molecular flexibility index (Phi) is 5.07. The quantitative estimate of drug-likeness (QED) is 0.709. The van der Waals surface area contributed by atoms with E-state index in [4.69, 9.17) is 0 Å². The Bertz CT molecular complexity index is 259. The van der Waals surface area contributed by atoms with Crippen LogP contribution in [0.2, 0.25) is 0 Å². The lowest BCUT2D eigenvalue weighted by Crippen LogP contribution is -2.30. The summed E-state index contributed by atoms with van der Waals surface area (Å²) in [6, 6.07) is 1.96.